The third kappa shape index (κ3) is 4.85. The highest BCUT2D eigenvalue weighted by molar-refractivity contribution is 7.86. The Morgan fingerprint density at radius 2 is 1.87 bits per heavy atom. The number of hydrogen-bond donors (Lipinski definition) is 0. The van der Waals surface area contributed by atoms with Crippen LogP contribution in [0.1, 0.15) is 43.2 Å². The van der Waals surface area contributed by atoms with Gasteiger partial charge in [0.1, 0.15) is 5.75 Å². The van der Waals surface area contributed by atoms with Gasteiger partial charge in [-0.2, -0.15) is 17.0 Å². The normalized spacial score (nSPS) is 21.6. The van der Waals surface area contributed by atoms with Crippen molar-refractivity contribution >= 4 is 15.9 Å². The monoisotopic (exact) mass is 454 g/mol. The molecule has 1 aliphatic carbocycles. The lowest BCUT2D eigenvalue weighted by Crippen LogP contribution is -2.54. The second kappa shape index (κ2) is 9.37. The van der Waals surface area contributed by atoms with E-state index in [0.29, 0.717) is 44.0 Å². The highest BCUT2D eigenvalue weighted by Gasteiger charge is 2.35. The molecule has 0 unspecified atom stereocenters. The number of ether oxygens (including phenoxy) is 2. The predicted molar refractivity (Wildman–Crippen MR) is 114 cm³/mol. The van der Waals surface area contributed by atoms with Gasteiger partial charge in [-0.25, -0.2) is 0 Å². The molecule has 2 aliphatic heterocycles. The van der Waals surface area contributed by atoms with Gasteiger partial charge in [-0.15, -0.1) is 0 Å². The van der Waals surface area contributed by atoms with Crippen molar-refractivity contribution in [2.24, 2.45) is 0 Å². The van der Waals surface area contributed by atoms with Crippen molar-refractivity contribution in [3.8, 4) is 5.75 Å². The molecular weight excluding hydrogens is 424 g/mol. The minimum absolute atomic E-state index is 0.0122. The Balaban J connectivity index is 1.41. The smallest absolute Gasteiger partial charge is 0.282 e. The summed E-state index contributed by atoms with van der Waals surface area (Å²) in [6, 6.07) is 3.13. The molecule has 4 rings (SSSR count). The molecular formula is C20H30N4O6S. The Hall–Kier alpha value is -1.79. The average Bonchev–Trinajstić information content (AvgIpc) is 2.79. The van der Waals surface area contributed by atoms with E-state index in [9.17, 15) is 18.5 Å². The van der Waals surface area contributed by atoms with E-state index in [1.807, 2.05) is 0 Å². The molecule has 0 N–H and O–H groups in total. The Morgan fingerprint density at radius 1 is 1.16 bits per heavy atom. The summed E-state index contributed by atoms with van der Waals surface area (Å²) in [6.07, 6.45) is 5.20. The minimum atomic E-state index is -3.48. The lowest BCUT2D eigenvalue weighted by Gasteiger charge is -2.38. The molecule has 2 fully saturated rings. The quantitative estimate of drug-likeness (QED) is 0.479. The SMILES string of the molecule is CN(C1CCCCC1)S(=O)(=O)N1CCN(Cc2cc([N+](=O)[O-])cc3c2OCOC3)CC1. The van der Waals surface area contributed by atoms with Crippen LogP contribution in [0.3, 0.4) is 0 Å². The lowest BCUT2D eigenvalue weighted by atomic mass is 9.96. The van der Waals surface area contributed by atoms with Gasteiger partial charge in [0.05, 0.1) is 11.5 Å². The number of hydrogen-bond acceptors (Lipinski definition) is 7. The van der Waals surface area contributed by atoms with E-state index in [1.54, 1.807) is 21.7 Å². The summed E-state index contributed by atoms with van der Waals surface area (Å²) >= 11 is 0. The topological polar surface area (TPSA) is 105 Å². The summed E-state index contributed by atoms with van der Waals surface area (Å²) in [6.45, 7) is 2.80. The molecule has 0 aromatic heterocycles. The Labute approximate surface area is 183 Å². The molecule has 0 atom stereocenters. The van der Waals surface area contributed by atoms with Crippen molar-refractivity contribution in [1.29, 1.82) is 0 Å². The first-order valence-corrected chi connectivity index (χ1v) is 12.2. The Bertz CT molecular complexity index is 910. The first kappa shape index (κ1) is 22.4. The van der Waals surface area contributed by atoms with Crippen molar-refractivity contribution in [3.63, 3.8) is 0 Å². The van der Waals surface area contributed by atoms with Gasteiger partial charge >= 0.3 is 0 Å². The van der Waals surface area contributed by atoms with E-state index in [4.69, 9.17) is 9.47 Å². The van der Waals surface area contributed by atoms with Crippen LogP contribution in [0, 0.1) is 10.1 Å². The first-order chi connectivity index (χ1) is 14.9. The third-order valence-corrected chi connectivity index (χ3v) is 8.53. The molecule has 1 saturated heterocycles. The van der Waals surface area contributed by atoms with Gasteiger partial charge in [0.15, 0.2) is 6.79 Å². The van der Waals surface area contributed by atoms with Crippen LogP contribution < -0.4 is 4.74 Å². The fourth-order valence-electron chi connectivity index (χ4n) is 4.68. The van der Waals surface area contributed by atoms with E-state index in [1.165, 1.54) is 12.5 Å². The van der Waals surface area contributed by atoms with Gasteiger partial charge in [0.25, 0.3) is 15.9 Å². The van der Waals surface area contributed by atoms with Crippen molar-refractivity contribution in [2.45, 2.75) is 51.3 Å². The molecule has 0 spiro atoms. The summed E-state index contributed by atoms with van der Waals surface area (Å²) < 4.78 is 40.2. The zero-order valence-corrected chi connectivity index (χ0v) is 18.7. The van der Waals surface area contributed by atoms with Gasteiger partial charge in [0, 0.05) is 69.1 Å². The number of nitro groups is 1. The summed E-state index contributed by atoms with van der Waals surface area (Å²) in [7, 11) is -1.78. The molecule has 1 saturated carbocycles. The maximum absolute atomic E-state index is 13.1. The summed E-state index contributed by atoms with van der Waals surface area (Å²) in [4.78, 5) is 13.0. The molecule has 10 nitrogen and oxygen atoms in total. The molecule has 3 aliphatic rings. The minimum Gasteiger partial charge on any atom is -0.467 e. The van der Waals surface area contributed by atoms with Crippen LogP contribution in [-0.2, 0) is 28.1 Å². The summed E-state index contributed by atoms with van der Waals surface area (Å²) in [5.41, 5.74) is 1.42. The zero-order valence-electron chi connectivity index (χ0n) is 17.9. The van der Waals surface area contributed by atoms with E-state index in [-0.39, 0.29) is 25.1 Å². The zero-order chi connectivity index (χ0) is 22.0. The third-order valence-electron chi connectivity index (χ3n) is 6.49. The van der Waals surface area contributed by atoms with E-state index in [2.05, 4.69) is 4.90 Å². The Morgan fingerprint density at radius 3 is 2.55 bits per heavy atom. The number of non-ortho nitro benzene ring substituents is 1. The van der Waals surface area contributed by atoms with E-state index in [0.717, 1.165) is 31.2 Å². The number of rotatable bonds is 6. The van der Waals surface area contributed by atoms with Crippen molar-refractivity contribution in [2.75, 3.05) is 40.0 Å². The van der Waals surface area contributed by atoms with Crippen LogP contribution in [0.5, 0.6) is 5.75 Å². The second-order valence-corrected chi connectivity index (χ2v) is 10.4. The maximum atomic E-state index is 13.1. The van der Waals surface area contributed by atoms with Crippen LogP contribution in [0.4, 0.5) is 5.69 Å². The fraction of sp³-hybridized carbons (Fsp3) is 0.700. The summed E-state index contributed by atoms with van der Waals surface area (Å²) in [5.74, 6) is 0.643. The molecule has 31 heavy (non-hydrogen) atoms. The van der Waals surface area contributed by atoms with Crippen LogP contribution in [-0.4, -0.2) is 72.9 Å². The molecule has 0 bridgehead atoms. The lowest BCUT2D eigenvalue weighted by molar-refractivity contribution is -0.385. The van der Waals surface area contributed by atoms with Crippen molar-refractivity contribution in [3.05, 3.63) is 33.4 Å². The van der Waals surface area contributed by atoms with Gasteiger partial charge < -0.3 is 9.47 Å². The number of benzene rings is 1. The molecule has 0 radical (unpaired) electrons. The number of nitrogens with zero attached hydrogens (tertiary/aromatic N) is 4. The van der Waals surface area contributed by atoms with Gasteiger partial charge in [0.2, 0.25) is 0 Å². The average molecular weight is 455 g/mol. The maximum Gasteiger partial charge on any atom is 0.282 e. The van der Waals surface area contributed by atoms with E-state index >= 15 is 0 Å². The molecule has 2 heterocycles. The Kier molecular flexibility index (Phi) is 6.77. The van der Waals surface area contributed by atoms with Gasteiger partial charge in [-0.1, -0.05) is 19.3 Å². The molecule has 1 aromatic rings. The van der Waals surface area contributed by atoms with E-state index < -0.39 is 15.1 Å². The van der Waals surface area contributed by atoms with Crippen LogP contribution in [0.2, 0.25) is 0 Å². The predicted octanol–water partition coefficient (Wildman–Crippen LogP) is 2.09. The highest BCUT2D eigenvalue weighted by atomic mass is 32.2. The molecule has 172 valence electrons. The largest absolute Gasteiger partial charge is 0.467 e. The van der Waals surface area contributed by atoms with Gasteiger partial charge in [-0.05, 0) is 12.8 Å². The second-order valence-electron chi connectivity index (χ2n) is 8.45. The number of nitro benzene ring substituents is 1. The molecule has 1 aromatic carbocycles. The fourth-order valence-corrected chi connectivity index (χ4v) is 6.25. The van der Waals surface area contributed by atoms with Crippen LogP contribution in [0.15, 0.2) is 12.1 Å². The van der Waals surface area contributed by atoms with Crippen LogP contribution >= 0.6 is 0 Å². The van der Waals surface area contributed by atoms with Gasteiger partial charge in [-0.3, -0.25) is 15.0 Å². The molecule has 0 amide bonds. The molecule has 11 heteroatoms. The van der Waals surface area contributed by atoms with Crippen molar-refractivity contribution in [1.82, 2.24) is 13.5 Å². The van der Waals surface area contributed by atoms with Crippen LogP contribution in [0.25, 0.3) is 0 Å². The first-order valence-electron chi connectivity index (χ1n) is 10.8. The number of piperazine rings is 1. The number of fused-ring (bicyclic) bond motifs is 1. The standard InChI is InChI=1S/C20H30N4O6S/c1-21(18-5-3-2-4-6-18)31(27,28)23-9-7-22(8-10-23)13-16-11-19(24(25)26)12-17-14-29-15-30-20(16)17/h11-12,18H,2-10,13-15H2,1H3. The summed E-state index contributed by atoms with van der Waals surface area (Å²) in [5, 5.41) is 11.3. The van der Waals surface area contributed by atoms with Crippen molar-refractivity contribution < 1.29 is 22.8 Å². The highest BCUT2D eigenvalue weighted by Crippen LogP contribution is 2.34.